The third kappa shape index (κ3) is 4.43. The summed E-state index contributed by atoms with van der Waals surface area (Å²) in [6, 6.07) is 6.42. The number of rotatable bonds is 7. The Bertz CT molecular complexity index is 390. The van der Waals surface area contributed by atoms with E-state index in [1.165, 1.54) is 11.3 Å². The number of methoxy groups -OCH3 is 1. The maximum Gasteiger partial charge on any atom is 0.122 e. The van der Waals surface area contributed by atoms with Crippen LogP contribution < -0.4 is 15.4 Å². The fraction of sp³-hybridized carbons (Fsp3) is 0.625. The smallest absolute Gasteiger partial charge is 0.122 e. The number of nitrogens with two attached hydrogens (primary N) is 1. The Hall–Kier alpha value is -1.22. The molecule has 19 heavy (non-hydrogen) atoms. The molecule has 1 aromatic rings. The van der Waals surface area contributed by atoms with Crippen molar-refractivity contribution in [1.29, 1.82) is 0 Å². The van der Waals surface area contributed by atoms with E-state index in [0.717, 1.165) is 25.3 Å². The summed E-state index contributed by atoms with van der Waals surface area (Å²) in [6.07, 6.45) is 1.12. The van der Waals surface area contributed by atoms with Gasteiger partial charge in [0.25, 0.3) is 0 Å². The van der Waals surface area contributed by atoms with Gasteiger partial charge < -0.3 is 15.4 Å². The molecule has 0 heterocycles. The molecule has 0 radical (unpaired) electrons. The third-order valence-electron chi connectivity index (χ3n) is 3.64. The minimum absolute atomic E-state index is 0.464. The first-order chi connectivity index (χ1) is 8.99. The zero-order chi connectivity index (χ0) is 14.4. The highest BCUT2D eigenvalue weighted by atomic mass is 16.5. The van der Waals surface area contributed by atoms with Crippen molar-refractivity contribution in [3.05, 3.63) is 23.8 Å². The number of benzene rings is 1. The van der Waals surface area contributed by atoms with Crippen molar-refractivity contribution >= 4 is 5.69 Å². The van der Waals surface area contributed by atoms with Crippen LogP contribution in [0.25, 0.3) is 0 Å². The molecule has 0 aliphatic rings. The van der Waals surface area contributed by atoms with E-state index in [1.54, 1.807) is 7.11 Å². The van der Waals surface area contributed by atoms with Gasteiger partial charge >= 0.3 is 0 Å². The predicted molar refractivity (Wildman–Crippen MR) is 83.2 cm³/mol. The fourth-order valence-electron chi connectivity index (χ4n) is 2.07. The van der Waals surface area contributed by atoms with Gasteiger partial charge in [0, 0.05) is 19.3 Å². The molecule has 108 valence electrons. The van der Waals surface area contributed by atoms with Crippen LogP contribution >= 0.6 is 0 Å². The molecule has 0 aromatic heterocycles. The van der Waals surface area contributed by atoms with Gasteiger partial charge in [-0.25, -0.2) is 0 Å². The second-order valence-electron chi connectivity index (χ2n) is 5.63. The van der Waals surface area contributed by atoms with Crippen LogP contribution in [-0.4, -0.2) is 27.2 Å². The van der Waals surface area contributed by atoms with Crippen molar-refractivity contribution in [2.75, 3.05) is 32.1 Å². The van der Waals surface area contributed by atoms with Crippen molar-refractivity contribution in [3.8, 4) is 5.75 Å². The van der Waals surface area contributed by atoms with Crippen LogP contribution in [-0.2, 0) is 0 Å². The number of anilines is 1. The largest absolute Gasteiger partial charge is 0.496 e. The molecule has 1 unspecified atom stereocenters. The Morgan fingerprint density at radius 3 is 2.47 bits per heavy atom. The van der Waals surface area contributed by atoms with Crippen molar-refractivity contribution in [2.24, 2.45) is 11.7 Å². The van der Waals surface area contributed by atoms with Crippen molar-refractivity contribution < 1.29 is 4.74 Å². The summed E-state index contributed by atoms with van der Waals surface area (Å²) in [6.45, 7) is 8.37. The summed E-state index contributed by atoms with van der Waals surface area (Å²) < 4.78 is 5.42. The fourth-order valence-corrected chi connectivity index (χ4v) is 2.07. The lowest BCUT2D eigenvalue weighted by Crippen LogP contribution is -2.23. The number of hydrogen-bond acceptors (Lipinski definition) is 3. The SMILES string of the molecule is COc1ccc(N(C)CCC(C)CN)cc1C(C)C. The van der Waals surface area contributed by atoms with E-state index in [4.69, 9.17) is 10.5 Å². The Kier molecular flexibility index (Phi) is 6.16. The monoisotopic (exact) mass is 264 g/mol. The lowest BCUT2D eigenvalue weighted by atomic mass is 10.0. The van der Waals surface area contributed by atoms with E-state index in [0.29, 0.717) is 11.8 Å². The summed E-state index contributed by atoms with van der Waals surface area (Å²) in [5.74, 6) is 2.01. The lowest BCUT2D eigenvalue weighted by Gasteiger charge is -2.23. The molecule has 2 N–H and O–H groups in total. The molecule has 1 rings (SSSR count). The zero-order valence-corrected chi connectivity index (χ0v) is 12.9. The maximum atomic E-state index is 5.66. The van der Waals surface area contributed by atoms with Gasteiger partial charge in [0.05, 0.1) is 7.11 Å². The Labute approximate surface area is 117 Å². The Morgan fingerprint density at radius 1 is 1.26 bits per heavy atom. The molecule has 1 aromatic carbocycles. The molecule has 0 amide bonds. The first-order valence-corrected chi connectivity index (χ1v) is 7.08. The van der Waals surface area contributed by atoms with Gasteiger partial charge in [-0.1, -0.05) is 20.8 Å². The highest BCUT2D eigenvalue weighted by Crippen LogP contribution is 2.30. The summed E-state index contributed by atoms with van der Waals surface area (Å²) in [5.41, 5.74) is 8.17. The van der Waals surface area contributed by atoms with Gasteiger partial charge in [-0.15, -0.1) is 0 Å². The zero-order valence-electron chi connectivity index (χ0n) is 12.9. The molecule has 0 aliphatic heterocycles. The molecule has 0 fully saturated rings. The number of nitrogens with zero attached hydrogens (tertiary/aromatic N) is 1. The lowest BCUT2D eigenvalue weighted by molar-refractivity contribution is 0.407. The van der Waals surface area contributed by atoms with Crippen molar-refractivity contribution in [1.82, 2.24) is 0 Å². The summed E-state index contributed by atoms with van der Waals surface area (Å²) in [5, 5.41) is 0. The normalized spacial score (nSPS) is 12.6. The van der Waals surface area contributed by atoms with E-state index in [2.05, 4.69) is 50.9 Å². The molecule has 3 heteroatoms. The van der Waals surface area contributed by atoms with Crippen LogP contribution in [0.15, 0.2) is 18.2 Å². The van der Waals surface area contributed by atoms with Gasteiger partial charge in [0.2, 0.25) is 0 Å². The summed E-state index contributed by atoms with van der Waals surface area (Å²) in [7, 11) is 3.86. The highest BCUT2D eigenvalue weighted by molar-refractivity contribution is 5.53. The van der Waals surface area contributed by atoms with Gasteiger partial charge in [-0.2, -0.15) is 0 Å². The molecule has 0 spiro atoms. The highest BCUT2D eigenvalue weighted by Gasteiger charge is 2.11. The quantitative estimate of drug-likeness (QED) is 0.821. The van der Waals surface area contributed by atoms with E-state index >= 15 is 0 Å². The molecule has 0 aliphatic carbocycles. The molecule has 0 bridgehead atoms. The first-order valence-electron chi connectivity index (χ1n) is 7.08. The second-order valence-corrected chi connectivity index (χ2v) is 5.63. The van der Waals surface area contributed by atoms with Gasteiger partial charge in [0.1, 0.15) is 5.75 Å². The average Bonchev–Trinajstić information content (AvgIpc) is 2.43. The number of hydrogen-bond donors (Lipinski definition) is 1. The maximum absolute atomic E-state index is 5.66. The Morgan fingerprint density at radius 2 is 1.95 bits per heavy atom. The molecule has 1 atom stereocenters. The molecular formula is C16H28N2O. The van der Waals surface area contributed by atoms with Crippen LogP contribution in [0.4, 0.5) is 5.69 Å². The minimum Gasteiger partial charge on any atom is -0.496 e. The van der Waals surface area contributed by atoms with Crippen LogP contribution in [0.1, 0.15) is 38.7 Å². The van der Waals surface area contributed by atoms with E-state index < -0.39 is 0 Å². The molecule has 0 saturated heterocycles. The second kappa shape index (κ2) is 7.39. The predicted octanol–water partition coefficient (Wildman–Crippen LogP) is 3.24. The molecule has 3 nitrogen and oxygen atoms in total. The Balaban J connectivity index is 2.80. The molecule has 0 saturated carbocycles. The summed E-state index contributed by atoms with van der Waals surface area (Å²) >= 11 is 0. The minimum atomic E-state index is 0.464. The summed E-state index contributed by atoms with van der Waals surface area (Å²) in [4.78, 5) is 2.29. The van der Waals surface area contributed by atoms with Crippen LogP contribution in [0.3, 0.4) is 0 Å². The van der Waals surface area contributed by atoms with Crippen LogP contribution in [0.5, 0.6) is 5.75 Å². The topological polar surface area (TPSA) is 38.5 Å². The van der Waals surface area contributed by atoms with Crippen molar-refractivity contribution in [2.45, 2.75) is 33.1 Å². The first kappa shape index (κ1) is 15.8. The molecular weight excluding hydrogens is 236 g/mol. The average molecular weight is 264 g/mol. The van der Waals surface area contributed by atoms with Gasteiger partial charge in [-0.05, 0) is 48.6 Å². The van der Waals surface area contributed by atoms with Crippen molar-refractivity contribution in [3.63, 3.8) is 0 Å². The number of ether oxygens (including phenoxy) is 1. The van der Waals surface area contributed by atoms with E-state index in [9.17, 15) is 0 Å². The van der Waals surface area contributed by atoms with Gasteiger partial charge in [0.15, 0.2) is 0 Å². The van der Waals surface area contributed by atoms with Gasteiger partial charge in [-0.3, -0.25) is 0 Å². The van der Waals surface area contributed by atoms with Crippen LogP contribution in [0, 0.1) is 5.92 Å². The standard InChI is InChI=1S/C16H28N2O/c1-12(2)15-10-14(6-7-16(15)19-5)18(4)9-8-13(3)11-17/h6-7,10,12-13H,8-9,11,17H2,1-5H3. The van der Waals surface area contributed by atoms with E-state index in [-0.39, 0.29) is 0 Å². The third-order valence-corrected chi connectivity index (χ3v) is 3.64. The van der Waals surface area contributed by atoms with E-state index in [1.807, 2.05) is 0 Å². The van der Waals surface area contributed by atoms with Crippen LogP contribution in [0.2, 0.25) is 0 Å².